The minimum atomic E-state index is 0.627. The minimum absolute atomic E-state index is 0.627. The molecular weight excluding hydrogens is 667 g/mol. The average molecular weight is 696 g/mol. The molecule has 0 fully saturated rings. The maximum absolute atomic E-state index is 5.17. The van der Waals surface area contributed by atoms with Crippen LogP contribution in [0.5, 0.6) is 0 Å². The zero-order valence-corrected chi connectivity index (χ0v) is 29.2. The van der Waals surface area contributed by atoms with Gasteiger partial charge in [0.2, 0.25) is 0 Å². The Hall–Kier alpha value is -6.89. The van der Waals surface area contributed by atoms with E-state index in [9.17, 15) is 0 Å². The molecule has 0 unspecified atom stereocenters. The summed E-state index contributed by atoms with van der Waals surface area (Å²) in [5, 5.41) is 2.38. The van der Waals surface area contributed by atoms with Crippen molar-refractivity contribution in [3.05, 3.63) is 176 Å². The topological polar surface area (TPSA) is 64.5 Å². The monoisotopic (exact) mass is 695 g/mol. The van der Waals surface area contributed by atoms with Crippen molar-refractivity contribution in [3.63, 3.8) is 0 Å². The number of benzene rings is 6. The second-order valence-electron chi connectivity index (χ2n) is 12.9. The molecule has 0 atom stereocenters. The second kappa shape index (κ2) is 13.0. The lowest BCUT2D eigenvalue weighted by molar-refractivity contribution is 1.07. The van der Waals surface area contributed by atoms with Crippen LogP contribution in [0.1, 0.15) is 0 Å². The van der Waals surface area contributed by atoms with E-state index in [4.69, 9.17) is 24.9 Å². The summed E-state index contributed by atoms with van der Waals surface area (Å²) in [6, 6.07) is 58.5. The Labute approximate surface area is 310 Å². The molecule has 0 saturated heterocycles. The first kappa shape index (κ1) is 30.9. The molecule has 4 aromatic heterocycles. The molecule has 6 aromatic carbocycles. The van der Waals surface area contributed by atoms with Crippen molar-refractivity contribution in [2.45, 2.75) is 0 Å². The van der Waals surface area contributed by atoms with Gasteiger partial charge in [-0.3, -0.25) is 4.98 Å². The third-order valence-corrected chi connectivity index (χ3v) is 10.8. The maximum atomic E-state index is 5.17. The van der Waals surface area contributed by atoms with Crippen LogP contribution in [-0.4, -0.2) is 24.9 Å². The Bertz CT molecular complexity index is 2920. The van der Waals surface area contributed by atoms with E-state index in [0.717, 1.165) is 60.4 Å². The molecule has 4 heterocycles. The molecular formula is C47H29N5S. The smallest absolute Gasteiger partial charge is 0.164 e. The van der Waals surface area contributed by atoms with E-state index >= 15 is 0 Å². The largest absolute Gasteiger partial charge is 0.254 e. The second-order valence-corrected chi connectivity index (χ2v) is 14.0. The van der Waals surface area contributed by atoms with Crippen molar-refractivity contribution in [1.82, 2.24) is 24.9 Å². The van der Waals surface area contributed by atoms with Gasteiger partial charge >= 0.3 is 0 Å². The quantitative estimate of drug-likeness (QED) is 0.173. The van der Waals surface area contributed by atoms with Gasteiger partial charge < -0.3 is 0 Å². The lowest BCUT2D eigenvalue weighted by Crippen LogP contribution is -2.00. The summed E-state index contributed by atoms with van der Waals surface area (Å²) in [5.41, 5.74) is 11.2. The molecule has 53 heavy (non-hydrogen) atoms. The zero-order chi connectivity index (χ0) is 35.1. The highest BCUT2D eigenvalue weighted by Crippen LogP contribution is 2.42. The molecule has 0 bridgehead atoms. The summed E-state index contributed by atoms with van der Waals surface area (Å²) in [6.45, 7) is 0. The minimum Gasteiger partial charge on any atom is -0.254 e. The van der Waals surface area contributed by atoms with Gasteiger partial charge in [0.05, 0.1) is 21.4 Å². The van der Waals surface area contributed by atoms with Crippen molar-refractivity contribution >= 4 is 42.5 Å². The predicted octanol–water partition coefficient (Wildman–Crippen LogP) is 12.2. The van der Waals surface area contributed by atoms with Gasteiger partial charge in [0.1, 0.15) is 0 Å². The van der Waals surface area contributed by atoms with E-state index < -0.39 is 0 Å². The Balaban J connectivity index is 1.03. The molecule has 10 aromatic rings. The summed E-state index contributed by atoms with van der Waals surface area (Å²) in [5.74, 6) is 1.90. The van der Waals surface area contributed by atoms with Gasteiger partial charge in [-0.15, -0.1) is 11.3 Å². The normalized spacial score (nSPS) is 11.4. The number of fused-ring (bicyclic) bond motifs is 5. The predicted molar refractivity (Wildman–Crippen MR) is 218 cm³/mol. The average Bonchev–Trinajstić information content (AvgIpc) is 3.64. The van der Waals surface area contributed by atoms with E-state index in [0.29, 0.717) is 17.5 Å². The summed E-state index contributed by atoms with van der Waals surface area (Å²) in [7, 11) is 0. The first-order valence-electron chi connectivity index (χ1n) is 17.5. The third kappa shape index (κ3) is 5.72. The van der Waals surface area contributed by atoms with Gasteiger partial charge in [-0.25, -0.2) is 19.9 Å². The summed E-state index contributed by atoms with van der Waals surface area (Å²) in [4.78, 5) is 24.8. The van der Waals surface area contributed by atoms with Crippen LogP contribution in [0.3, 0.4) is 0 Å². The number of nitrogens with zero attached hydrogens (tertiary/aromatic N) is 5. The Kier molecular flexibility index (Phi) is 7.59. The van der Waals surface area contributed by atoms with E-state index in [-0.39, 0.29) is 0 Å². The molecule has 0 saturated carbocycles. The number of hydrogen-bond acceptors (Lipinski definition) is 6. The van der Waals surface area contributed by atoms with Crippen LogP contribution in [0, 0.1) is 0 Å². The van der Waals surface area contributed by atoms with Crippen LogP contribution >= 0.6 is 11.3 Å². The van der Waals surface area contributed by atoms with Crippen molar-refractivity contribution in [2.24, 2.45) is 0 Å². The Morgan fingerprint density at radius 3 is 1.57 bits per heavy atom. The number of thiophene rings is 1. The number of aromatic nitrogens is 5. The lowest BCUT2D eigenvalue weighted by Gasteiger charge is -2.10. The third-order valence-electron chi connectivity index (χ3n) is 9.60. The molecule has 0 spiro atoms. The fourth-order valence-electron chi connectivity index (χ4n) is 6.94. The Morgan fingerprint density at radius 1 is 0.377 bits per heavy atom. The molecule has 0 N–H and O–H groups in total. The fourth-order valence-corrected chi connectivity index (χ4v) is 8.16. The highest BCUT2D eigenvalue weighted by molar-refractivity contribution is 7.26. The summed E-state index contributed by atoms with van der Waals surface area (Å²) in [6.07, 6.45) is 1.85. The number of hydrogen-bond donors (Lipinski definition) is 0. The van der Waals surface area contributed by atoms with Gasteiger partial charge in [0.15, 0.2) is 17.5 Å². The van der Waals surface area contributed by atoms with Gasteiger partial charge in [0, 0.05) is 43.9 Å². The van der Waals surface area contributed by atoms with Crippen molar-refractivity contribution in [3.8, 4) is 67.7 Å². The van der Waals surface area contributed by atoms with Crippen LogP contribution in [0.2, 0.25) is 0 Å². The SMILES string of the molecule is c1ccc(-c2ccc(-c3nc(-c4ccccc4)nc(-c4ccc(-c5cccc(-c6nc7cccnc7c7c6sc6ccccc67)c5)cc4)n3)cc2)cc1. The molecule has 5 nitrogen and oxygen atoms in total. The standard InChI is InChI=1S/C47H29N5S/c1-3-11-30(12-4-1)31-20-24-34(25-21-31)46-50-45(33-13-5-2-6-14-33)51-47(52-46)35-26-22-32(23-27-35)36-15-9-16-37(29-36)42-44-41(38-17-7-8-19-40(38)53-44)43-39(49-42)18-10-28-48-43/h1-29H. The van der Waals surface area contributed by atoms with E-state index in [2.05, 4.69) is 127 Å². The van der Waals surface area contributed by atoms with E-state index in [1.807, 2.05) is 48.7 Å². The van der Waals surface area contributed by atoms with Gasteiger partial charge in [-0.1, -0.05) is 146 Å². The molecule has 0 aliphatic heterocycles. The van der Waals surface area contributed by atoms with E-state index in [1.54, 1.807) is 11.3 Å². The fraction of sp³-hybridized carbons (Fsp3) is 0. The molecule has 0 amide bonds. The van der Waals surface area contributed by atoms with Crippen LogP contribution in [0.25, 0.3) is 98.9 Å². The van der Waals surface area contributed by atoms with Crippen molar-refractivity contribution < 1.29 is 0 Å². The molecule has 0 aliphatic carbocycles. The maximum Gasteiger partial charge on any atom is 0.164 e. The van der Waals surface area contributed by atoms with Crippen LogP contribution in [-0.2, 0) is 0 Å². The highest BCUT2D eigenvalue weighted by atomic mass is 32.1. The van der Waals surface area contributed by atoms with Crippen LogP contribution < -0.4 is 0 Å². The van der Waals surface area contributed by atoms with Gasteiger partial charge in [-0.05, 0) is 46.5 Å². The Morgan fingerprint density at radius 2 is 0.887 bits per heavy atom. The zero-order valence-electron chi connectivity index (χ0n) is 28.4. The molecule has 0 aliphatic rings. The van der Waals surface area contributed by atoms with Gasteiger partial charge in [-0.2, -0.15) is 0 Å². The lowest BCUT2D eigenvalue weighted by atomic mass is 9.99. The molecule has 0 radical (unpaired) electrons. The van der Waals surface area contributed by atoms with E-state index in [1.165, 1.54) is 21.0 Å². The molecule has 6 heteroatoms. The summed E-state index contributed by atoms with van der Waals surface area (Å²) < 4.78 is 2.39. The van der Waals surface area contributed by atoms with Crippen LogP contribution in [0.4, 0.5) is 0 Å². The first-order chi connectivity index (χ1) is 26.2. The highest BCUT2D eigenvalue weighted by Gasteiger charge is 2.18. The van der Waals surface area contributed by atoms with Crippen molar-refractivity contribution in [2.75, 3.05) is 0 Å². The molecule has 10 rings (SSSR count). The number of pyridine rings is 2. The molecule has 248 valence electrons. The van der Waals surface area contributed by atoms with Crippen LogP contribution in [0.15, 0.2) is 176 Å². The van der Waals surface area contributed by atoms with Crippen molar-refractivity contribution in [1.29, 1.82) is 0 Å². The summed E-state index contributed by atoms with van der Waals surface area (Å²) >= 11 is 1.78. The number of rotatable bonds is 6. The van der Waals surface area contributed by atoms with Gasteiger partial charge in [0.25, 0.3) is 0 Å². The first-order valence-corrected chi connectivity index (χ1v) is 18.3.